The van der Waals surface area contributed by atoms with E-state index in [1.54, 1.807) is 0 Å². The Morgan fingerprint density at radius 1 is 1.00 bits per heavy atom. The topological polar surface area (TPSA) is 15.3 Å². The molecule has 0 bridgehead atoms. The standard InChI is InChI=1S/C13H30N2/c1-6-15(7-2)11-10-14-13(5)9-8-12(3)4/h12-14H,6-11H2,1-5H3. The molecule has 0 aromatic rings. The third kappa shape index (κ3) is 8.88. The van der Waals surface area contributed by atoms with E-state index in [4.69, 9.17) is 0 Å². The molecule has 0 aromatic carbocycles. The summed E-state index contributed by atoms with van der Waals surface area (Å²) >= 11 is 0. The number of nitrogens with zero attached hydrogens (tertiary/aromatic N) is 1. The van der Waals surface area contributed by atoms with Crippen molar-refractivity contribution in [3.63, 3.8) is 0 Å². The lowest BCUT2D eigenvalue weighted by molar-refractivity contribution is 0.294. The molecule has 0 aliphatic rings. The van der Waals surface area contributed by atoms with Crippen molar-refractivity contribution in [3.8, 4) is 0 Å². The van der Waals surface area contributed by atoms with Gasteiger partial charge in [-0.2, -0.15) is 0 Å². The van der Waals surface area contributed by atoms with E-state index < -0.39 is 0 Å². The molecule has 0 aliphatic carbocycles. The van der Waals surface area contributed by atoms with Gasteiger partial charge in [0.15, 0.2) is 0 Å². The maximum atomic E-state index is 3.60. The monoisotopic (exact) mass is 214 g/mol. The Hall–Kier alpha value is -0.0800. The second-order valence-corrected chi connectivity index (χ2v) is 4.85. The second kappa shape index (κ2) is 9.17. The Bertz CT molecular complexity index is 130. The van der Waals surface area contributed by atoms with Crippen molar-refractivity contribution >= 4 is 0 Å². The van der Waals surface area contributed by atoms with Crippen LogP contribution in [0.3, 0.4) is 0 Å². The van der Waals surface area contributed by atoms with Crippen LogP contribution in [0.15, 0.2) is 0 Å². The molecule has 0 aromatic heterocycles. The molecule has 0 spiro atoms. The lowest BCUT2D eigenvalue weighted by Gasteiger charge is -2.20. The van der Waals surface area contributed by atoms with Gasteiger partial charge in [0.1, 0.15) is 0 Å². The molecule has 0 saturated heterocycles. The summed E-state index contributed by atoms with van der Waals surface area (Å²) in [7, 11) is 0. The Balaban J connectivity index is 3.41. The van der Waals surface area contributed by atoms with Gasteiger partial charge < -0.3 is 10.2 Å². The largest absolute Gasteiger partial charge is 0.313 e. The van der Waals surface area contributed by atoms with Gasteiger partial charge in [-0.25, -0.2) is 0 Å². The van der Waals surface area contributed by atoms with Crippen LogP contribution in [-0.2, 0) is 0 Å². The maximum Gasteiger partial charge on any atom is 0.0107 e. The highest BCUT2D eigenvalue weighted by Crippen LogP contribution is 2.05. The van der Waals surface area contributed by atoms with Crippen molar-refractivity contribution in [3.05, 3.63) is 0 Å². The summed E-state index contributed by atoms with van der Waals surface area (Å²) in [6.07, 6.45) is 2.63. The minimum absolute atomic E-state index is 0.669. The third-order valence-corrected chi connectivity index (χ3v) is 2.99. The molecule has 15 heavy (non-hydrogen) atoms. The van der Waals surface area contributed by atoms with E-state index in [2.05, 4.69) is 44.8 Å². The number of hydrogen-bond acceptors (Lipinski definition) is 2. The highest BCUT2D eigenvalue weighted by Gasteiger charge is 2.03. The fraction of sp³-hybridized carbons (Fsp3) is 1.00. The van der Waals surface area contributed by atoms with Crippen LogP contribution in [0.5, 0.6) is 0 Å². The van der Waals surface area contributed by atoms with E-state index in [9.17, 15) is 0 Å². The molecule has 0 aliphatic heterocycles. The summed E-state index contributed by atoms with van der Waals surface area (Å²) in [4.78, 5) is 2.46. The van der Waals surface area contributed by atoms with Crippen LogP contribution in [0.1, 0.15) is 47.5 Å². The van der Waals surface area contributed by atoms with E-state index in [1.807, 2.05) is 0 Å². The normalized spacial score (nSPS) is 13.8. The Morgan fingerprint density at radius 2 is 1.60 bits per heavy atom. The van der Waals surface area contributed by atoms with Crippen molar-refractivity contribution < 1.29 is 0 Å². The lowest BCUT2D eigenvalue weighted by Crippen LogP contribution is -2.36. The van der Waals surface area contributed by atoms with E-state index >= 15 is 0 Å². The highest BCUT2D eigenvalue weighted by molar-refractivity contribution is 4.63. The Morgan fingerprint density at radius 3 is 2.07 bits per heavy atom. The van der Waals surface area contributed by atoms with Crippen LogP contribution in [0.25, 0.3) is 0 Å². The van der Waals surface area contributed by atoms with Gasteiger partial charge in [0.25, 0.3) is 0 Å². The predicted octanol–water partition coefficient (Wildman–Crippen LogP) is 2.74. The van der Waals surface area contributed by atoms with Gasteiger partial charge in [0.2, 0.25) is 0 Å². The van der Waals surface area contributed by atoms with Crippen LogP contribution in [0, 0.1) is 5.92 Å². The molecule has 0 radical (unpaired) electrons. The first-order chi connectivity index (χ1) is 7.10. The molecule has 0 fully saturated rings. The SMILES string of the molecule is CCN(CC)CCNC(C)CCC(C)C. The predicted molar refractivity (Wildman–Crippen MR) is 69.3 cm³/mol. The molecule has 0 saturated carbocycles. The van der Waals surface area contributed by atoms with E-state index in [-0.39, 0.29) is 0 Å². The average molecular weight is 214 g/mol. The van der Waals surface area contributed by atoms with Crippen molar-refractivity contribution in [1.29, 1.82) is 0 Å². The number of hydrogen-bond donors (Lipinski definition) is 1. The first-order valence-electron chi connectivity index (χ1n) is 6.55. The minimum Gasteiger partial charge on any atom is -0.313 e. The fourth-order valence-corrected chi connectivity index (χ4v) is 1.69. The number of rotatable bonds is 9. The number of likely N-dealkylation sites (N-methyl/N-ethyl adjacent to an activating group) is 1. The van der Waals surface area contributed by atoms with Gasteiger partial charge in [-0.05, 0) is 38.8 Å². The number of nitrogens with one attached hydrogen (secondary N) is 1. The quantitative estimate of drug-likeness (QED) is 0.635. The van der Waals surface area contributed by atoms with E-state index in [0.29, 0.717) is 6.04 Å². The minimum atomic E-state index is 0.669. The zero-order chi connectivity index (χ0) is 11.7. The van der Waals surface area contributed by atoms with Crippen LogP contribution in [0.4, 0.5) is 0 Å². The summed E-state index contributed by atoms with van der Waals surface area (Å²) in [6, 6.07) is 0.669. The molecule has 1 atom stereocenters. The van der Waals surface area contributed by atoms with Crippen LogP contribution in [-0.4, -0.2) is 37.1 Å². The molecule has 0 heterocycles. The van der Waals surface area contributed by atoms with Crippen LogP contribution < -0.4 is 5.32 Å². The molecule has 2 heteroatoms. The van der Waals surface area contributed by atoms with Crippen LogP contribution >= 0.6 is 0 Å². The zero-order valence-electron chi connectivity index (χ0n) is 11.3. The van der Waals surface area contributed by atoms with Gasteiger partial charge in [-0.15, -0.1) is 0 Å². The lowest BCUT2D eigenvalue weighted by atomic mass is 10.0. The molecule has 1 unspecified atom stereocenters. The van der Waals surface area contributed by atoms with Gasteiger partial charge in [-0.1, -0.05) is 27.7 Å². The van der Waals surface area contributed by atoms with Crippen molar-refractivity contribution in [2.24, 2.45) is 5.92 Å². The van der Waals surface area contributed by atoms with Crippen LogP contribution in [0.2, 0.25) is 0 Å². The van der Waals surface area contributed by atoms with Gasteiger partial charge in [-0.3, -0.25) is 0 Å². The molecular weight excluding hydrogens is 184 g/mol. The Labute approximate surface area is 96.4 Å². The second-order valence-electron chi connectivity index (χ2n) is 4.85. The van der Waals surface area contributed by atoms with Gasteiger partial charge >= 0.3 is 0 Å². The summed E-state index contributed by atoms with van der Waals surface area (Å²) in [5, 5.41) is 3.60. The molecule has 0 amide bonds. The first kappa shape index (κ1) is 14.9. The molecule has 92 valence electrons. The third-order valence-electron chi connectivity index (χ3n) is 2.99. The molecule has 1 N–H and O–H groups in total. The summed E-state index contributed by atoms with van der Waals surface area (Å²) in [5.41, 5.74) is 0. The zero-order valence-corrected chi connectivity index (χ0v) is 11.3. The molecule has 2 nitrogen and oxygen atoms in total. The molecule has 0 rings (SSSR count). The molecular formula is C13H30N2. The smallest absolute Gasteiger partial charge is 0.0107 e. The maximum absolute atomic E-state index is 3.60. The highest BCUT2D eigenvalue weighted by atomic mass is 15.1. The van der Waals surface area contributed by atoms with Gasteiger partial charge in [0.05, 0.1) is 0 Å². The van der Waals surface area contributed by atoms with E-state index in [1.165, 1.54) is 32.5 Å². The summed E-state index contributed by atoms with van der Waals surface area (Å²) in [5.74, 6) is 0.831. The van der Waals surface area contributed by atoms with Crippen molar-refractivity contribution in [2.75, 3.05) is 26.2 Å². The summed E-state index contributed by atoms with van der Waals surface area (Å²) in [6.45, 7) is 16.0. The average Bonchev–Trinajstić information content (AvgIpc) is 2.21. The Kier molecular flexibility index (Phi) is 9.12. The summed E-state index contributed by atoms with van der Waals surface area (Å²) < 4.78 is 0. The fourth-order valence-electron chi connectivity index (χ4n) is 1.69. The van der Waals surface area contributed by atoms with Gasteiger partial charge in [0, 0.05) is 19.1 Å². The van der Waals surface area contributed by atoms with Crippen molar-refractivity contribution in [2.45, 2.75) is 53.5 Å². The van der Waals surface area contributed by atoms with Crippen molar-refractivity contribution in [1.82, 2.24) is 10.2 Å². The first-order valence-corrected chi connectivity index (χ1v) is 6.55. The van der Waals surface area contributed by atoms with E-state index in [0.717, 1.165) is 12.5 Å².